The fourth-order valence-electron chi connectivity index (χ4n) is 3.23. The Labute approximate surface area is 157 Å². The number of pyridine rings is 1. The molecular formula is C20H22N4O3. The number of aromatic nitrogens is 3. The predicted octanol–water partition coefficient (Wildman–Crippen LogP) is 2.88. The minimum atomic E-state index is -1.03. The van der Waals surface area contributed by atoms with Crippen LogP contribution in [-0.4, -0.2) is 49.7 Å². The lowest BCUT2D eigenvalue weighted by molar-refractivity contribution is -0.137. The third kappa shape index (κ3) is 3.67. The molecular weight excluding hydrogens is 344 g/mol. The molecule has 140 valence electrons. The van der Waals surface area contributed by atoms with Crippen LogP contribution in [-0.2, 0) is 11.8 Å². The third-order valence-corrected chi connectivity index (χ3v) is 4.38. The van der Waals surface area contributed by atoms with E-state index in [1.165, 1.54) is 4.90 Å². The van der Waals surface area contributed by atoms with Gasteiger partial charge in [0, 0.05) is 19.2 Å². The zero-order chi connectivity index (χ0) is 19.6. The van der Waals surface area contributed by atoms with Crippen LogP contribution in [0.5, 0.6) is 0 Å². The van der Waals surface area contributed by atoms with Crippen LogP contribution < -0.4 is 0 Å². The van der Waals surface area contributed by atoms with Gasteiger partial charge in [-0.1, -0.05) is 37.3 Å². The molecule has 1 N–H and O–H groups in total. The highest BCUT2D eigenvalue weighted by molar-refractivity contribution is 6.08. The first-order valence-corrected chi connectivity index (χ1v) is 8.83. The van der Waals surface area contributed by atoms with Gasteiger partial charge >= 0.3 is 5.97 Å². The van der Waals surface area contributed by atoms with Crippen molar-refractivity contribution in [2.24, 2.45) is 7.05 Å². The summed E-state index contributed by atoms with van der Waals surface area (Å²) in [6.07, 6.45) is 0.671. The first-order chi connectivity index (χ1) is 12.9. The first kappa shape index (κ1) is 18.6. The Morgan fingerprint density at radius 3 is 2.56 bits per heavy atom. The van der Waals surface area contributed by atoms with Gasteiger partial charge in [-0.05, 0) is 19.4 Å². The average molecular weight is 366 g/mol. The number of carboxylic acids is 1. The van der Waals surface area contributed by atoms with Crippen molar-refractivity contribution in [1.82, 2.24) is 19.7 Å². The molecule has 0 aliphatic carbocycles. The molecule has 3 aromatic rings. The number of nitrogens with zero attached hydrogens (tertiary/aromatic N) is 4. The Balaban J connectivity index is 2.20. The standard InChI is InChI=1S/C20H22N4O3/c1-4-10-24(12-17(25)26)20(27)15-11-16(14-8-6-5-7-9-14)21-19-18(15)13(2)22-23(19)3/h5-9,11H,4,10,12H2,1-3H3,(H,25,26). The van der Waals surface area contributed by atoms with Crippen LogP contribution in [0.4, 0.5) is 0 Å². The Bertz CT molecular complexity index is 995. The maximum atomic E-state index is 13.2. The van der Waals surface area contributed by atoms with Gasteiger partial charge < -0.3 is 10.0 Å². The fourth-order valence-corrected chi connectivity index (χ4v) is 3.23. The number of carbonyl (C=O) groups is 2. The van der Waals surface area contributed by atoms with Crippen molar-refractivity contribution < 1.29 is 14.7 Å². The summed E-state index contributed by atoms with van der Waals surface area (Å²) in [6, 6.07) is 11.3. The third-order valence-electron chi connectivity index (χ3n) is 4.38. The average Bonchev–Trinajstić information content (AvgIpc) is 2.94. The predicted molar refractivity (Wildman–Crippen MR) is 103 cm³/mol. The number of amides is 1. The van der Waals surface area contributed by atoms with Gasteiger partial charge in [-0.15, -0.1) is 0 Å². The summed E-state index contributed by atoms with van der Waals surface area (Å²) in [6.45, 7) is 3.77. The van der Waals surface area contributed by atoms with Gasteiger partial charge in [-0.3, -0.25) is 14.3 Å². The molecule has 0 saturated carbocycles. The highest BCUT2D eigenvalue weighted by Gasteiger charge is 2.24. The molecule has 27 heavy (non-hydrogen) atoms. The van der Waals surface area contributed by atoms with Crippen LogP contribution >= 0.6 is 0 Å². The molecule has 2 aromatic heterocycles. The molecule has 7 heteroatoms. The number of aliphatic carboxylic acids is 1. The molecule has 0 radical (unpaired) electrons. The second kappa shape index (κ2) is 7.57. The molecule has 0 atom stereocenters. The molecule has 0 bridgehead atoms. The van der Waals surface area contributed by atoms with Crippen LogP contribution in [0.15, 0.2) is 36.4 Å². The van der Waals surface area contributed by atoms with Crippen molar-refractivity contribution in [3.63, 3.8) is 0 Å². The molecule has 0 fully saturated rings. The van der Waals surface area contributed by atoms with E-state index in [0.717, 1.165) is 5.56 Å². The van der Waals surface area contributed by atoms with Crippen molar-refractivity contribution in [2.75, 3.05) is 13.1 Å². The van der Waals surface area contributed by atoms with E-state index in [-0.39, 0.29) is 12.5 Å². The summed E-state index contributed by atoms with van der Waals surface area (Å²) in [4.78, 5) is 30.5. The van der Waals surface area contributed by atoms with Crippen molar-refractivity contribution in [3.05, 3.63) is 47.7 Å². The topological polar surface area (TPSA) is 88.3 Å². The smallest absolute Gasteiger partial charge is 0.323 e. The molecule has 0 aliphatic heterocycles. The number of carboxylic acid groups (broad SMARTS) is 1. The second-order valence-electron chi connectivity index (χ2n) is 6.45. The number of rotatable bonds is 6. The molecule has 0 unspecified atom stereocenters. The van der Waals surface area contributed by atoms with E-state index in [0.29, 0.717) is 41.0 Å². The van der Waals surface area contributed by atoms with Crippen LogP contribution in [0.2, 0.25) is 0 Å². The summed E-state index contributed by atoms with van der Waals surface area (Å²) in [5.74, 6) is -1.35. The minimum Gasteiger partial charge on any atom is -0.480 e. The quantitative estimate of drug-likeness (QED) is 0.725. The van der Waals surface area contributed by atoms with E-state index in [1.54, 1.807) is 17.8 Å². The molecule has 0 spiro atoms. The summed E-state index contributed by atoms with van der Waals surface area (Å²) in [5.41, 5.74) is 3.26. The number of aryl methyl sites for hydroxylation is 2. The van der Waals surface area contributed by atoms with Gasteiger partial charge in [-0.25, -0.2) is 4.98 Å². The highest BCUT2D eigenvalue weighted by atomic mass is 16.4. The Hall–Kier alpha value is -3.22. The molecule has 7 nitrogen and oxygen atoms in total. The van der Waals surface area contributed by atoms with E-state index in [4.69, 9.17) is 0 Å². The van der Waals surface area contributed by atoms with Crippen molar-refractivity contribution >= 4 is 22.9 Å². The Morgan fingerprint density at radius 1 is 1.22 bits per heavy atom. The van der Waals surface area contributed by atoms with Gasteiger partial charge in [0.15, 0.2) is 5.65 Å². The normalized spacial score (nSPS) is 10.9. The SMILES string of the molecule is CCCN(CC(=O)O)C(=O)c1cc(-c2ccccc2)nc2c1c(C)nn2C. The van der Waals surface area contributed by atoms with E-state index in [9.17, 15) is 14.7 Å². The summed E-state index contributed by atoms with van der Waals surface area (Å²) in [5, 5.41) is 14.3. The monoisotopic (exact) mass is 366 g/mol. The maximum absolute atomic E-state index is 13.2. The second-order valence-corrected chi connectivity index (χ2v) is 6.45. The lowest BCUT2D eigenvalue weighted by Crippen LogP contribution is -2.36. The fraction of sp³-hybridized carbons (Fsp3) is 0.300. The Morgan fingerprint density at radius 2 is 1.93 bits per heavy atom. The number of fused-ring (bicyclic) bond motifs is 1. The molecule has 3 rings (SSSR count). The molecule has 0 aliphatic rings. The minimum absolute atomic E-state index is 0.320. The van der Waals surface area contributed by atoms with Gasteiger partial charge in [0.05, 0.1) is 22.3 Å². The molecule has 1 amide bonds. The van der Waals surface area contributed by atoms with Crippen LogP contribution in [0.3, 0.4) is 0 Å². The van der Waals surface area contributed by atoms with Crippen molar-refractivity contribution in [3.8, 4) is 11.3 Å². The van der Waals surface area contributed by atoms with Crippen LogP contribution in [0, 0.1) is 6.92 Å². The maximum Gasteiger partial charge on any atom is 0.323 e. The van der Waals surface area contributed by atoms with E-state index >= 15 is 0 Å². The van der Waals surface area contributed by atoms with Gasteiger partial charge in [0.25, 0.3) is 5.91 Å². The number of benzene rings is 1. The zero-order valence-corrected chi connectivity index (χ0v) is 15.6. The summed E-state index contributed by atoms with van der Waals surface area (Å²) < 4.78 is 1.65. The molecule has 2 heterocycles. The van der Waals surface area contributed by atoms with Crippen molar-refractivity contribution in [2.45, 2.75) is 20.3 Å². The van der Waals surface area contributed by atoms with E-state index in [2.05, 4.69) is 10.1 Å². The lowest BCUT2D eigenvalue weighted by atomic mass is 10.0. The van der Waals surface area contributed by atoms with Crippen LogP contribution in [0.25, 0.3) is 22.3 Å². The zero-order valence-electron chi connectivity index (χ0n) is 15.6. The summed E-state index contributed by atoms with van der Waals surface area (Å²) >= 11 is 0. The van der Waals surface area contributed by atoms with E-state index < -0.39 is 5.97 Å². The Kier molecular flexibility index (Phi) is 5.21. The largest absolute Gasteiger partial charge is 0.480 e. The highest BCUT2D eigenvalue weighted by Crippen LogP contribution is 2.27. The molecule has 0 saturated heterocycles. The van der Waals surface area contributed by atoms with E-state index in [1.807, 2.05) is 44.2 Å². The lowest BCUT2D eigenvalue weighted by Gasteiger charge is -2.21. The van der Waals surface area contributed by atoms with Gasteiger partial charge in [-0.2, -0.15) is 5.10 Å². The summed E-state index contributed by atoms with van der Waals surface area (Å²) in [7, 11) is 1.78. The molecule has 1 aromatic carbocycles. The number of carbonyl (C=O) groups excluding carboxylic acids is 1. The van der Waals surface area contributed by atoms with Gasteiger partial charge in [0.1, 0.15) is 6.54 Å². The van der Waals surface area contributed by atoms with Crippen LogP contribution in [0.1, 0.15) is 29.4 Å². The van der Waals surface area contributed by atoms with Crippen molar-refractivity contribution in [1.29, 1.82) is 0 Å². The first-order valence-electron chi connectivity index (χ1n) is 8.83. The van der Waals surface area contributed by atoms with Gasteiger partial charge in [0.2, 0.25) is 0 Å². The number of hydrogen-bond acceptors (Lipinski definition) is 4. The number of hydrogen-bond donors (Lipinski definition) is 1.